The predicted octanol–water partition coefficient (Wildman–Crippen LogP) is 2.26. The van der Waals surface area contributed by atoms with E-state index in [4.69, 9.17) is 17.3 Å². The van der Waals surface area contributed by atoms with Crippen molar-refractivity contribution in [2.45, 2.75) is 6.42 Å². The Morgan fingerprint density at radius 1 is 1.56 bits per heavy atom. The molecule has 2 rings (SSSR count). The lowest BCUT2D eigenvalue weighted by Gasteiger charge is -2.17. The van der Waals surface area contributed by atoms with Crippen molar-refractivity contribution in [3.8, 4) is 0 Å². The number of carbonyl (C=O) groups is 1. The highest BCUT2D eigenvalue weighted by Crippen LogP contribution is 2.28. The molecule has 2 N–H and O–H groups in total. The molecule has 1 aliphatic rings. The van der Waals surface area contributed by atoms with Gasteiger partial charge in [0.25, 0.3) is 0 Å². The van der Waals surface area contributed by atoms with Gasteiger partial charge < -0.3 is 10.6 Å². The zero-order chi connectivity index (χ0) is 11.7. The van der Waals surface area contributed by atoms with Crippen molar-refractivity contribution in [2.75, 3.05) is 18.0 Å². The Labute approximate surface area is 113 Å². The van der Waals surface area contributed by atoms with Crippen LogP contribution in [0.4, 0.5) is 5.69 Å². The fourth-order valence-corrected chi connectivity index (χ4v) is 2.46. The smallest absolute Gasteiger partial charge is 0.227 e. The van der Waals surface area contributed by atoms with Crippen molar-refractivity contribution in [1.82, 2.24) is 0 Å². The highest BCUT2D eigenvalue weighted by molar-refractivity contribution is 14.1. The molecule has 3 nitrogen and oxygen atoms in total. The molecule has 1 aromatic rings. The summed E-state index contributed by atoms with van der Waals surface area (Å²) in [5.41, 5.74) is 6.50. The minimum atomic E-state index is 0.147. The van der Waals surface area contributed by atoms with Crippen LogP contribution in [-0.4, -0.2) is 19.0 Å². The number of hydrogen-bond acceptors (Lipinski definition) is 2. The number of nitrogens with two attached hydrogens (primary N) is 1. The summed E-state index contributed by atoms with van der Waals surface area (Å²) in [6.07, 6.45) is 0.551. The van der Waals surface area contributed by atoms with Gasteiger partial charge in [-0.1, -0.05) is 11.6 Å². The minimum Gasteiger partial charge on any atom is -0.330 e. The van der Waals surface area contributed by atoms with E-state index in [1.807, 2.05) is 18.2 Å². The number of nitrogens with zero attached hydrogens (tertiary/aromatic N) is 1. The number of hydrogen-bond donors (Lipinski definition) is 1. The normalized spacial score (nSPS) is 20.6. The third kappa shape index (κ3) is 2.33. The Hall–Kier alpha value is -0.330. The summed E-state index contributed by atoms with van der Waals surface area (Å²) in [5, 5.41) is 0.714. The fraction of sp³-hybridized carbons (Fsp3) is 0.364. The zero-order valence-corrected chi connectivity index (χ0v) is 11.5. The number of rotatable bonds is 2. The predicted molar refractivity (Wildman–Crippen MR) is 73.7 cm³/mol. The SMILES string of the molecule is NCC1CC(=O)N(c2ccc(Cl)c(I)c2)C1. The molecule has 0 radical (unpaired) electrons. The van der Waals surface area contributed by atoms with Crippen LogP contribution in [0.15, 0.2) is 18.2 Å². The van der Waals surface area contributed by atoms with E-state index >= 15 is 0 Å². The molecule has 0 spiro atoms. The Kier molecular flexibility index (Phi) is 3.71. The number of anilines is 1. The van der Waals surface area contributed by atoms with Crippen molar-refractivity contribution in [2.24, 2.45) is 11.7 Å². The average molecular weight is 351 g/mol. The second-order valence-electron chi connectivity index (χ2n) is 3.91. The van der Waals surface area contributed by atoms with Gasteiger partial charge in [-0.3, -0.25) is 4.79 Å². The maximum absolute atomic E-state index is 11.8. The van der Waals surface area contributed by atoms with E-state index < -0.39 is 0 Å². The van der Waals surface area contributed by atoms with E-state index in [1.165, 1.54) is 0 Å². The number of amides is 1. The first-order valence-electron chi connectivity index (χ1n) is 5.07. The van der Waals surface area contributed by atoms with Gasteiger partial charge in [-0.2, -0.15) is 0 Å². The van der Waals surface area contributed by atoms with E-state index in [0.29, 0.717) is 24.5 Å². The topological polar surface area (TPSA) is 46.3 Å². The summed E-state index contributed by atoms with van der Waals surface area (Å²) < 4.78 is 0.959. The van der Waals surface area contributed by atoms with Crippen LogP contribution in [0.3, 0.4) is 0 Å². The van der Waals surface area contributed by atoms with Crippen LogP contribution in [0.25, 0.3) is 0 Å². The maximum Gasteiger partial charge on any atom is 0.227 e. The van der Waals surface area contributed by atoms with E-state index in [-0.39, 0.29) is 11.8 Å². The molecule has 1 aliphatic heterocycles. The van der Waals surface area contributed by atoms with Gasteiger partial charge in [0, 0.05) is 22.2 Å². The first kappa shape index (κ1) is 12.1. The first-order chi connectivity index (χ1) is 7.61. The molecule has 1 heterocycles. The molecule has 1 saturated heterocycles. The molecule has 1 amide bonds. The summed E-state index contributed by atoms with van der Waals surface area (Å²) in [7, 11) is 0. The second-order valence-corrected chi connectivity index (χ2v) is 5.48. The fourth-order valence-electron chi connectivity index (χ4n) is 1.84. The van der Waals surface area contributed by atoms with Gasteiger partial charge in [-0.05, 0) is 53.3 Å². The standard InChI is InChI=1S/C11H12ClIN2O/c12-9-2-1-8(4-10(9)13)15-6-7(5-14)3-11(15)16/h1-2,4,7H,3,5-6,14H2. The molecule has 16 heavy (non-hydrogen) atoms. The Balaban J connectivity index is 2.24. The molecule has 86 valence electrons. The third-order valence-electron chi connectivity index (χ3n) is 2.75. The van der Waals surface area contributed by atoms with Crippen LogP contribution in [0, 0.1) is 9.49 Å². The van der Waals surface area contributed by atoms with Crippen molar-refractivity contribution in [3.05, 3.63) is 26.8 Å². The number of carbonyl (C=O) groups excluding carboxylic acids is 1. The monoisotopic (exact) mass is 350 g/mol. The van der Waals surface area contributed by atoms with Gasteiger partial charge >= 0.3 is 0 Å². The van der Waals surface area contributed by atoms with Gasteiger partial charge in [0.05, 0.1) is 5.02 Å². The molecule has 1 fully saturated rings. The van der Waals surface area contributed by atoms with E-state index in [1.54, 1.807) is 4.90 Å². The maximum atomic E-state index is 11.8. The van der Waals surface area contributed by atoms with Crippen LogP contribution in [0.2, 0.25) is 5.02 Å². The van der Waals surface area contributed by atoms with Gasteiger partial charge in [0.2, 0.25) is 5.91 Å². The number of benzene rings is 1. The Morgan fingerprint density at radius 2 is 2.31 bits per heavy atom. The summed E-state index contributed by atoms with van der Waals surface area (Å²) >= 11 is 8.11. The van der Waals surface area contributed by atoms with Crippen molar-refractivity contribution < 1.29 is 4.79 Å². The van der Waals surface area contributed by atoms with Gasteiger partial charge in [0.15, 0.2) is 0 Å². The minimum absolute atomic E-state index is 0.147. The summed E-state index contributed by atoms with van der Waals surface area (Å²) in [6.45, 7) is 1.28. The Morgan fingerprint density at radius 3 is 2.88 bits per heavy atom. The molecule has 5 heteroatoms. The molecule has 1 aromatic carbocycles. The van der Waals surface area contributed by atoms with Gasteiger partial charge in [0.1, 0.15) is 0 Å². The quantitative estimate of drug-likeness (QED) is 0.832. The van der Waals surface area contributed by atoms with Crippen LogP contribution in [0.5, 0.6) is 0 Å². The van der Waals surface area contributed by atoms with Crippen molar-refractivity contribution in [1.29, 1.82) is 0 Å². The van der Waals surface area contributed by atoms with E-state index in [0.717, 1.165) is 9.26 Å². The summed E-state index contributed by atoms with van der Waals surface area (Å²) in [6, 6.07) is 5.63. The van der Waals surface area contributed by atoms with Crippen LogP contribution in [-0.2, 0) is 4.79 Å². The molecular formula is C11H12ClIN2O. The molecule has 0 aromatic heterocycles. The zero-order valence-electron chi connectivity index (χ0n) is 8.62. The van der Waals surface area contributed by atoms with Crippen LogP contribution in [0.1, 0.15) is 6.42 Å². The van der Waals surface area contributed by atoms with Crippen LogP contribution >= 0.6 is 34.2 Å². The lowest BCUT2D eigenvalue weighted by atomic mass is 10.1. The summed E-state index contributed by atoms with van der Waals surface area (Å²) in [5.74, 6) is 0.425. The molecule has 0 aliphatic carbocycles. The van der Waals surface area contributed by atoms with Crippen LogP contribution < -0.4 is 10.6 Å². The molecule has 0 saturated carbocycles. The second kappa shape index (κ2) is 4.89. The average Bonchev–Trinajstić information content (AvgIpc) is 2.64. The molecule has 1 atom stereocenters. The van der Waals surface area contributed by atoms with Gasteiger partial charge in [-0.15, -0.1) is 0 Å². The summed E-state index contributed by atoms with van der Waals surface area (Å²) in [4.78, 5) is 13.6. The molecular weight excluding hydrogens is 338 g/mol. The lowest BCUT2D eigenvalue weighted by molar-refractivity contribution is -0.117. The number of halogens is 2. The first-order valence-corrected chi connectivity index (χ1v) is 6.53. The largest absolute Gasteiger partial charge is 0.330 e. The van der Waals surface area contributed by atoms with Crippen molar-refractivity contribution in [3.63, 3.8) is 0 Å². The highest BCUT2D eigenvalue weighted by Gasteiger charge is 2.29. The molecule has 0 bridgehead atoms. The highest BCUT2D eigenvalue weighted by atomic mass is 127. The Bertz CT molecular complexity index is 424. The van der Waals surface area contributed by atoms with E-state index in [9.17, 15) is 4.79 Å². The molecule has 1 unspecified atom stereocenters. The van der Waals surface area contributed by atoms with Gasteiger partial charge in [-0.25, -0.2) is 0 Å². The van der Waals surface area contributed by atoms with Crippen molar-refractivity contribution >= 4 is 45.8 Å². The van der Waals surface area contributed by atoms with E-state index in [2.05, 4.69) is 22.6 Å². The lowest BCUT2D eigenvalue weighted by Crippen LogP contribution is -2.25. The third-order valence-corrected chi connectivity index (χ3v) is 4.29.